The summed E-state index contributed by atoms with van der Waals surface area (Å²) in [5.41, 5.74) is 1.54. The molecule has 0 fully saturated rings. The van der Waals surface area contributed by atoms with Crippen LogP contribution < -0.4 is 10.1 Å². The monoisotopic (exact) mass is 420 g/mol. The lowest BCUT2D eigenvalue weighted by Crippen LogP contribution is -2.24. The molecule has 0 saturated carbocycles. The summed E-state index contributed by atoms with van der Waals surface area (Å²) in [6.45, 7) is 4.96. The normalized spacial score (nSPS) is 10.5. The first kappa shape index (κ1) is 22.2. The molecule has 9 heteroatoms. The number of benzene rings is 2. The van der Waals surface area contributed by atoms with Gasteiger partial charge in [0.25, 0.3) is 11.6 Å². The molecule has 0 bridgehead atoms. The van der Waals surface area contributed by atoms with E-state index in [9.17, 15) is 19.7 Å². The Labute approximate surface area is 172 Å². The molecular formula is C20H21ClN2O6. The fourth-order valence-corrected chi connectivity index (χ4v) is 2.68. The number of nitro groups is 1. The molecule has 0 aliphatic carbocycles. The predicted molar refractivity (Wildman–Crippen MR) is 108 cm³/mol. The van der Waals surface area contributed by atoms with Crippen molar-refractivity contribution in [1.29, 1.82) is 0 Å². The zero-order valence-electron chi connectivity index (χ0n) is 16.2. The number of anilines is 1. The number of rotatable bonds is 8. The summed E-state index contributed by atoms with van der Waals surface area (Å²) in [7, 11) is 0. The van der Waals surface area contributed by atoms with Crippen LogP contribution in [-0.2, 0) is 14.3 Å². The molecule has 0 aromatic heterocycles. The minimum atomic E-state index is -0.734. The molecular weight excluding hydrogens is 400 g/mol. The van der Waals surface area contributed by atoms with Crippen molar-refractivity contribution in [3.05, 3.63) is 62.7 Å². The first-order chi connectivity index (χ1) is 13.7. The van der Waals surface area contributed by atoms with Gasteiger partial charge in [0.1, 0.15) is 11.4 Å². The summed E-state index contributed by atoms with van der Waals surface area (Å²) in [6, 6.07) is 9.54. The summed E-state index contributed by atoms with van der Waals surface area (Å²) in [6.07, 6.45) is 0. The van der Waals surface area contributed by atoms with Crippen LogP contribution >= 0.6 is 11.6 Å². The average molecular weight is 421 g/mol. The van der Waals surface area contributed by atoms with Crippen LogP contribution in [0.1, 0.15) is 30.9 Å². The Kier molecular flexibility index (Phi) is 7.55. The van der Waals surface area contributed by atoms with Gasteiger partial charge in [-0.05, 0) is 42.2 Å². The van der Waals surface area contributed by atoms with Crippen LogP contribution in [0.25, 0.3) is 0 Å². The number of nitrogens with zero attached hydrogens (tertiary/aromatic N) is 1. The van der Waals surface area contributed by atoms with Gasteiger partial charge in [-0.2, -0.15) is 0 Å². The summed E-state index contributed by atoms with van der Waals surface area (Å²) in [4.78, 5) is 34.2. The van der Waals surface area contributed by atoms with Crippen LogP contribution in [0, 0.1) is 17.0 Å². The number of nitrogens with one attached hydrogen (secondary N) is 1. The van der Waals surface area contributed by atoms with Crippen LogP contribution in [0.4, 0.5) is 11.4 Å². The fraction of sp³-hybridized carbons (Fsp3) is 0.300. The van der Waals surface area contributed by atoms with Gasteiger partial charge >= 0.3 is 5.97 Å². The minimum Gasteiger partial charge on any atom is -0.482 e. The van der Waals surface area contributed by atoms with Crippen molar-refractivity contribution in [3.8, 4) is 5.75 Å². The Morgan fingerprint density at radius 3 is 2.55 bits per heavy atom. The number of aryl methyl sites for hydroxylation is 1. The molecule has 2 aromatic rings. The number of amides is 1. The lowest BCUT2D eigenvalue weighted by Gasteiger charge is -2.14. The van der Waals surface area contributed by atoms with E-state index in [-0.39, 0.29) is 28.9 Å². The topological polar surface area (TPSA) is 108 Å². The summed E-state index contributed by atoms with van der Waals surface area (Å²) in [5, 5.41) is 13.5. The SMILES string of the molecule is Cc1ccc(C(C)C)c(OCC(=O)OCC(=O)Nc2ccc(Cl)cc2[N+](=O)[O-])c1. The van der Waals surface area contributed by atoms with Crippen molar-refractivity contribution in [1.82, 2.24) is 0 Å². The molecule has 0 spiro atoms. The third-order valence-corrected chi connectivity index (χ3v) is 4.17. The zero-order valence-corrected chi connectivity index (χ0v) is 17.0. The Morgan fingerprint density at radius 1 is 1.17 bits per heavy atom. The zero-order chi connectivity index (χ0) is 21.6. The van der Waals surface area contributed by atoms with E-state index < -0.39 is 23.4 Å². The maximum Gasteiger partial charge on any atom is 0.344 e. The Bertz CT molecular complexity index is 929. The van der Waals surface area contributed by atoms with Crippen LogP contribution in [0.2, 0.25) is 5.02 Å². The van der Waals surface area contributed by atoms with Gasteiger partial charge in [0.2, 0.25) is 0 Å². The lowest BCUT2D eigenvalue weighted by atomic mass is 10.0. The first-order valence-electron chi connectivity index (χ1n) is 8.80. The molecule has 2 aromatic carbocycles. The number of hydrogen-bond acceptors (Lipinski definition) is 6. The van der Waals surface area contributed by atoms with Gasteiger partial charge in [0, 0.05) is 11.1 Å². The van der Waals surface area contributed by atoms with Gasteiger partial charge in [-0.3, -0.25) is 14.9 Å². The van der Waals surface area contributed by atoms with Crippen molar-refractivity contribution < 1.29 is 24.0 Å². The highest BCUT2D eigenvalue weighted by Gasteiger charge is 2.18. The number of carbonyl (C=O) groups excluding carboxylic acids is 2. The lowest BCUT2D eigenvalue weighted by molar-refractivity contribution is -0.383. The molecule has 8 nitrogen and oxygen atoms in total. The number of carbonyl (C=O) groups is 2. The number of nitro benzene ring substituents is 1. The predicted octanol–water partition coefficient (Wildman–Crippen LogP) is 4.24. The van der Waals surface area contributed by atoms with Crippen molar-refractivity contribution in [3.63, 3.8) is 0 Å². The van der Waals surface area contributed by atoms with Crippen LogP contribution in [0.3, 0.4) is 0 Å². The van der Waals surface area contributed by atoms with Gasteiger partial charge in [0.05, 0.1) is 4.92 Å². The molecule has 154 valence electrons. The molecule has 2 rings (SSSR count). The highest BCUT2D eigenvalue weighted by molar-refractivity contribution is 6.31. The quantitative estimate of drug-likeness (QED) is 0.388. The number of hydrogen-bond donors (Lipinski definition) is 1. The maximum atomic E-state index is 12.0. The highest BCUT2D eigenvalue weighted by Crippen LogP contribution is 2.28. The molecule has 29 heavy (non-hydrogen) atoms. The summed E-state index contributed by atoms with van der Waals surface area (Å²) in [5.74, 6) is -0.662. The second-order valence-electron chi connectivity index (χ2n) is 6.61. The van der Waals surface area contributed by atoms with Crippen molar-refractivity contribution in [2.75, 3.05) is 18.5 Å². The van der Waals surface area contributed by atoms with Gasteiger partial charge < -0.3 is 14.8 Å². The maximum absolute atomic E-state index is 12.0. The first-order valence-corrected chi connectivity index (χ1v) is 9.18. The van der Waals surface area contributed by atoms with E-state index in [4.69, 9.17) is 21.1 Å². The van der Waals surface area contributed by atoms with E-state index in [1.165, 1.54) is 12.1 Å². The van der Waals surface area contributed by atoms with E-state index in [1.54, 1.807) is 0 Å². The van der Waals surface area contributed by atoms with E-state index in [1.807, 2.05) is 39.0 Å². The Hall–Kier alpha value is -3.13. The summed E-state index contributed by atoms with van der Waals surface area (Å²) >= 11 is 5.73. The third-order valence-electron chi connectivity index (χ3n) is 3.93. The number of halogens is 1. The van der Waals surface area contributed by atoms with Crippen LogP contribution in [0.15, 0.2) is 36.4 Å². The molecule has 0 unspecified atom stereocenters. The van der Waals surface area contributed by atoms with Crippen molar-refractivity contribution in [2.45, 2.75) is 26.7 Å². The van der Waals surface area contributed by atoms with Crippen molar-refractivity contribution >= 4 is 34.9 Å². The smallest absolute Gasteiger partial charge is 0.344 e. The molecule has 0 saturated heterocycles. The molecule has 1 amide bonds. The second kappa shape index (κ2) is 9.88. The fourth-order valence-electron chi connectivity index (χ4n) is 2.52. The highest BCUT2D eigenvalue weighted by atomic mass is 35.5. The largest absolute Gasteiger partial charge is 0.482 e. The van der Waals surface area contributed by atoms with Crippen molar-refractivity contribution in [2.24, 2.45) is 0 Å². The standard InChI is InChI=1S/C20H21ClN2O6/c1-12(2)15-6-4-13(3)8-18(15)28-11-20(25)29-10-19(24)22-16-7-5-14(21)9-17(16)23(26)27/h4-9,12H,10-11H2,1-3H3,(H,22,24). The van der Waals surface area contributed by atoms with Crippen LogP contribution in [-0.4, -0.2) is 30.0 Å². The van der Waals surface area contributed by atoms with E-state index >= 15 is 0 Å². The molecule has 0 aliphatic heterocycles. The average Bonchev–Trinajstić information content (AvgIpc) is 2.65. The Balaban J connectivity index is 1.90. The second-order valence-corrected chi connectivity index (χ2v) is 7.05. The molecule has 1 N–H and O–H groups in total. The van der Waals surface area contributed by atoms with Crippen LogP contribution in [0.5, 0.6) is 5.75 Å². The molecule has 0 atom stereocenters. The number of esters is 1. The molecule has 0 aliphatic rings. The minimum absolute atomic E-state index is 0.0435. The summed E-state index contributed by atoms with van der Waals surface area (Å²) < 4.78 is 10.4. The van der Waals surface area contributed by atoms with E-state index in [0.29, 0.717) is 5.75 Å². The van der Waals surface area contributed by atoms with Gasteiger partial charge in [-0.1, -0.05) is 37.6 Å². The van der Waals surface area contributed by atoms with Gasteiger partial charge in [-0.15, -0.1) is 0 Å². The van der Waals surface area contributed by atoms with Gasteiger partial charge in [0.15, 0.2) is 13.2 Å². The van der Waals surface area contributed by atoms with E-state index in [0.717, 1.165) is 17.2 Å². The number of ether oxygens (including phenoxy) is 2. The molecule has 0 radical (unpaired) electrons. The third kappa shape index (κ3) is 6.46. The van der Waals surface area contributed by atoms with E-state index in [2.05, 4.69) is 5.32 Å². The Morgan fingerprint density at radius 2 is 1.90 bits per heavy atom. The van der Waals surface area contributed by atoms with Gasteiger partial charge in [-0.25, -0.2) is 4.79 Å². The molecule has 0 heterocycles.